The second kappa shape index (κ2) is 12.5. The van der Waals surface area contributed by atoms with Gasteiger partial charge in [-0.1, -0.05) is 62.4 Å². The van der Waals surface area contributed by atoms with E-state index in [1.54, 1.807) is 26.0 Å². The molecule has 3 N–H and O–H groups in total. The number of benzene rings is 2. The number of amidine groups is 1. The van der Waals surface area contributed by atoms with E-state index < -0.39 is 32.5 Å². The van der Waals surface area contributed by atoms with E-state index in [0.717, 1.165) is 28.3 Å². The number of rotatable bonds is 7. The minimum atomic E-state index is -3.90. The second-order valence-corrected chi connectivity index (χ2v) is 12.8. The van der Waals surface area contributed by atoms with E-state index in [0.29, 0.717) is 41.0 Å². The lowest BCUT2D eigenvalue weighted by atomic mass is 9.91. The highest BCUT2D eigenvalue weighted by atomic mass is 32.2. The third-order valence-electron chi connectivity index (χ3n) is 8.31. The van der Waals surface area contributed by atoms with Gasteiger partial charge in [0.1, 0.15) is 12.2 Å². The van der Waals surface area contributed by atoms with E-state index in [1.165, 1.54) is 6.92 Å². The molecule has 45 heavy (non-hydrogen) atoms. The number of hydrogen-bond donors (Lipinski definition) is 2. The number of ether oxygens (including phenoxy) is 1. The van der Waals surface area contributed by atoms with Gasteiger partial charge in [0.2, 0.25) is 27.1 Å². The Morgan fingerprint density at radius 3 is 2.16 bits per heavy atom. The highest BCUT2D eigenvalue weighted by Crippen LogP contribution is 2.45. The van der Waals surface area contributed by atoms with Gasteiger partial charge in [0.05, 0.1) is 24.1 Å². The van der Waals surface area contributed by atoms with Crippen LogP contribution in [0.25, 0.3) is 22.3 Å². The van der Waals surface area contributed by atoms with Crippen molar-refractivity contribution in [3.63, 3.8) is 0 Å². The molecule has 238 valence electrons. The molecule has 0 aromatic heterocycles. The summed E-state index contributed by atoms with van der Waals surface area (Å²) in [7, 11) is 0.0384. The van der Waals surface area contributed by atoms with Crippen LogP contribution in [0.2, 0.25) is 0 Å². The van der Waals surface area contributed by atoms with Crippen molar-refractivity contribution in [1.29, 1.82) is 0 Å². The largest absolute Gasteiger partial charge is 0.503 e. The van der Waals surface area contributed by atoms with Crippen LogP contribution >= 0.6 is 0 Å². The SMILES string of the molecule is CCC1=NC2=C(N(C)C(C)=C(S(N)(=O)=O)C2C)[N+]1(C)Cc1ccc(-c2ccccc2-c2c(O)c(=O)c2=O)cc1.CCOC(C)=O. The summed E-state index contributed by atoms with van der Waals surface area (Å²) in [6.45, 7) is 9.88. The Morgan fingerprint density at radius 1 is 1.07 bits per heavy atom. The van der Waals surface area contributed by atoms with Crippen LogP contribution in [0.4, 0.5) is 0 Å². The number of hydrogen-bond acceptors (Lipinski definition) is 9. The van der Waals surface area contributed by atoms with Gasteiger partial charge in [-0.2, -0.15) is 4.99 Å². The molecule has 0 fully saturated rings. The van der Waals surface area contributed by atoms with Crippen LogP contribution in [0.3, 0.4) is 0 Å². The van der Waals surface area contributed by atoms with Gasteiger partial charge in [-0.3, -0.25) is 14.4 Å². The van der Waals surface area contributed by atoms with Crippen molar-refractivity contribution in [3.05, 3.63) is 96.7 Å². The van der Waals surface area contributed by atoms with Gasteiger partial charge < -0.3 is 14.7 Å². The number of esters is 1. The Labute approximate surface area is 262 Å². The third-order valence-corrected chi connectivity index (χ3v) is 9.57. The molecule has 0 spiro atoms. The summed E-state index contributed by atoms with van der Waals surface area (Å²) in [6.07, 6.45) is 0.685. The monoisotopic (exact) mass is 635 g/mol. The van der Waals surface area contributed by atoms with Gasteiger partial charge in [0, 0.05) is 37.6 Å². The summed E-state index contributed by atoms with van der Waals surface area (Å²) in [4.78, 5) is 40.6. The summed E-state index contributed by atoms with van der Waals surface area (Å²) in [5.41, 5.74) is 2.95. The molecule has 0 saturated carbocycles. The molecule has 5 rings (SSSR count). The summed E-state index contributed by atoms with van der Waals surface area (Å²) in [6, 6.07) is 15.1. The van der Waals surface area contributed by atoms with Crippen molar-refractivity contribution < 1.29 is 27.5 Å². The van der Waals surface area contributed by atoms with Crippen LogP contribution in [0.1, 0.15) is 46.6 Å². The average Bonchev–Trinajstić information content (AvgIpc) is 3.28. The first kappa shape index (κ1) is 33.5. The highest BCUT2D eigenvalue weighted by Gasteiger charge is 2.50. The minimum absolute atomic E-state index is 0.0508. The van der Waals surface area contributed by atoms with Crippen LogP contribution in [-0.4, -0.2) is 55.4 Å². The Hall–Kier alpha value is -4.39. The molecule has 12 heteroatoms. The van der Waals surface area contributed by atoms with E-state index in [-0.39, 0.29) is 16.4 Å². The van der Waals surface area contributed by atoms with Gasteiger partial charge in [-0.25, -0.2) is 18.0 Å². The predicted octanol–water partition coefficient (Wildman–Crippen LogP) is 3.93. The molecule has 0 amide bonds. The zero-order chi connectivity index (χ0) is 33.4. The van der Waals surface area contributed by atoms with Crippen molar-refractivity contribution in [2.75, 3.05) is 20.7 Å². The first-order chi connectivity index (χ1) is 21.1. The van der Waals surface area contributed by atoms with Crippen LogP contribution in [-0.2, 0) is 26.1 Å². The number of carbonyl (C=O) groups is 1. The molecule has 2 aliphatic heterocycles. The molecule has 0 radical (unpaired) electrons. The number of carbonyl (C=O) groups excluding carboxylic acids is 1. The lowest BCUT2D eigenvalue weighted by Gasteiger charge is -2.39. The maximum atomic E-state index is 12.4. The molecule has 2 heterocycles. The molecular weight excluding hydrogens is 596 g/mol. The van der Waals surface area contributed by atoms with Gasteiger partial charge in [0.25, 0.3) is 5.43 Å². The van der Waals surface area contributed by atoms with Gasteiger partial charge in [-0.05, 0) is 30.5 Å². The molecule has 0 saturated heterocycles. The minimum Gasteiger partial charge on any atom is -0.503 e. The van der Waals surface area contributed by atoms with Gasteiger partial charge >= 0.3 is 5.97 Å². The van der Waals surface area contributed by atoms with Crippen molar-refractivity contribution in [2.45, 2.75) is 47.6 Å². The summed E-state index contributed by atoms with van der Waals surface area (Å²) in [5.74, 6) is 0.684. The maximum Gasteiger partial charge on any atom is 0.302 e. The van der Waals surface area contributed by atoms with E-state index in [9.17, 15) is 27.9 Å². The van der Waals surface area contributed by atoms with Crippen LogP contribution in [0, 0.1) is 5.92 Å². The summed E-state index contributed by atoms with van der Waals surface area (Å²) < 4.78 is 29.6. The fourth-order valence-electron chi connectivity index (χ4n) is 6.22. The zero-order valence-corrected chi connectivity index (χ0v) is 27.4. The average molecular weight is 636 g/mol. The Morgan fingerprint density at radius 2 is 1.67 bits per heavy atom. The number of nitrogens with zero attached hydrogens (tertiary/aromatic N) is 3. The molecule has 0 bridgehead atoms. The molecular formula is C33H39N4O7S+. The molecule has 2 unspecified atom stereocenters. The Kier molecular flexibility index (Phi) is 9.34. The molecule has 3 aromatic rings. The normalized spacial score (nSPS) is 19.7. The number of nitrogens with two attached hydrogens (primary N) is 1. The number of quaternary nitrogens is 1. The van der Waals surface area contributed by atoms with Crippen molar-refractivity contribution in [1.82, 2.24) is 4.90 Å². The lowest BCUT2D eigenvalue weighted by molar-refractivity contribution is -0.803. The highest BCUT2D eigenvalue weighted by molar-refractivity contribution is 7.93. The van der Waals surface area contributed by atoms with Crippen molar-refractivity contribution in [3.8, 4) is 28.0 Å². The fraction of sp³-hybridized carbons (Fsp3) is 0.333. The third kappa shape index (κ3) is 6.00. The Balaban J connectivity index is 0.000000700. The molecule has 11 nitrogen and oxygen atoms in total. The molecule has 3 aromatic carbocycles. The van der Waals surface area contributed by atoms with E-state index >= 15 is 0 Å². The fourth-order valence-corrected chi connectivity index (χ4v) is 7.37. The van der Waals surface area contributed by atoms with E-state index in [4.69, 9.17) is 10.1 Å². The predicted molar refractivity (Wildman–Crippen MR) is 174 cm³/mol. The van der Waals surface area contributed by atoms with E-state index in [1.807, 2.05) is 62.2 Å². The smallest absolute Gasteiger partial charge is 0.302 e. The topological polar surface area (TPSA) is 156 Å². The van der Waals surface area contributed by atoms with Crippen LogP contribution in [0.5, 0.6) is 5.75 Å². The molecule has 0 aliphatic carbocycles. The lowest BCUT2D eigenvalue weighted by Crippen LogP contribution is -2.50. The molecule has 2 atom stereocenters. The first-order valence-electron chi connectivity index (χ1n) is 14.6. The van der Waals surface area contributed by atoms with Crippen molar-refractivity contribution in [2.24, 2.45) is 16.0 Å². The van der Waals surface area contributed by atoms with Crippen LogP contribution < -0.4 is 16.0 Å². The standard InChI is InChI=1S/C29H30N4O5S.C4H8O2/c1-6-22-31-24-16(2)28(39(30,37)38)17(3)32(4)29(24)33(22,5)15-18-11-13-19(14-12-18)20-9-7-8-10-21(20)23-25(34)27(36)26(23)35;1-3-6-4(2)5/h7-14,16H,6,15H2,1-5H3,(H2-,30,34,35,37,38);3H2,1-2H3/p+1. The Bertz CT molecular complexity index is 1930. The quantitative estimate of drug-likeness (QED) is 0.225. The number of primary sulfonamides is 1. The van der Waals surface area contributed by atoms with Gasteiger partial charge in [0.15, 0.2) is 5.75 Å². The number of allylic oxidation sites excluding steroid dienone is 2. The summed E-state index contributed by atoms with van der Waals surface area (Å²) in [5, 5.41) is 15.6. The van der Waals surface area contributed by atoms with E-state index in [2.05, 4.69) is 11.8 Å². The number of aliphatic imine (C=N–C) groups is 1. The number of aromatic hydroxyl groups is 1. The maximum absolute atomic E-state index is 12.4. The van der Waals surface area contributed by atoms with Crippen molar-refractivity contribution >= 4 is 21.8 Å². The first-order valence-corrected chi connectivity index (χ1v) is 16.1. The summed E-state index contributed by atoms with van der Waals surface area (Å²) >= 11 is 0. The zero-order valence-electron chi connectivity index (χ0n) is 26.5. The van der Waals surface area contributed by atoms with Crippen LogP contribution in [0.15, 0.2) is 85.2 Å². The second-order valence-electron chi connectivity index (χ2n) is 11.3. The number of sulfonamides is 1. The molecule has 2 aliphatic rings. The van der Waals surface area contributed by atoms with Gasteiger partial charge in [-0.15, -0.1) is 0 Å².